The summed E-state index contributed by atoms with van der Waals surface area (Å²) in [6.45, 7) is 4.81. The molecule has 0 spiro atoms. The van der Waals surface area contributed by atoms with Crippen molar-refractivity contribution < 1.29 is 4.52 Å². The molecule has 1 aromatic carbocycles. The van der Waals surface area contributed by atoms with Crippen LogP contribution < -0.4 is 0 Å². The number of rotatable bonds is 5. The lowest BCUT2D eigenvalue weighted by Crippen LogP contribution is -2.33. The van der Waals surface area contributed by atoms with Gasteiger partial charge in [-0.1, -0.05) is 35.8 Å². The first-order chi connectivity index (χ1) is 12.3. The smallest absolute Gasteiger partial charge is 0.133 e. The van der Waals surface area contributed by atoms with Crippen molar-refractivity contribution in [2.24, 2.45) is 0 Å². The highest BCUT2D eigenvalue weighted by molar-refractivity contribution is 5.27. The Balaban J connectivity index is 1.56. The number of likely N-dealkylation sites (tertiary alicyclic amines) is 1. The lowest BCUT2D eigenvalue weighted by Gasteiger charge is -2.35. The van der Waals surface area contributed by atoms with Gasteiger partial charge in [-0.25, -0.2) is 0 Å². The van der Waals surface area contributed by atoms with Crippen molar-refractivity contribution in [3.05, 3.63) is 71.4 Å². The lowest BCUT2D eigenvalue weighted by molar-refractivity contribution is 0.133. The average molecular weight is 336 g/mol. The Morgan fingerprint density at radius 2 is 1.96 bits per heavy atom. The molecule has 0 bridgehead atoms. The van der Waals surface area contributed by atoms with Crippen molar-refractivity contribution in [1.82, 2.24) is 19.8 Å². The second kappa shape index (κ2) is 7.23. The largest absolute Gasteiger partial charge is 0.361 e. The third-order valence-electron chi connectivity index (χ3n) is 4.98. The molecule has 0 radical (unpaired) electrons. The van der Waals surface area contributed by atoms with Gasteiger partial charge in [0.2, 0.25) is 0 Å². The first-order valence-corrected chi connectivity index (χ1v) is 9.01. The van der Waals surface area contributed by atoms with Crippen molar-refractivity contribution in [3.63, 3.8) is 0 Å². The van der Waals surface area contributed by atoms with Crippen molar-refractivity contribution >= 4 is 0 Å². The summed E-state index contributed by atoms with van der Waals surface area (Å²) >= 11 is 0. The van der Waals surface area contributed by atoms with Crippen molar-refractivity contribution in [1.29, 1.82) is 0 Å². The predicted molar refractivity (Wildman–Crippen MR) is 96.0 cm³/mol. The summed E-state index contributed by atoms with van der Waals surface area (Å²) in [7, 11) is 0. The van der Waals surface area contributed by atoms with E-state index in [0.717, 1.165) is 37.5 Å². The van der Waals surface area contributed by atoms with E-state index >= 15 is 0 Å². The highest BCUT2D eigenvalue weighted by Crippen LogP contribution is 2.32. The predicted octanol–water partition coefficient (Wildman–Crippen LogP) is 3.96. The number of piperidine rings is 1. The van der Waals surface area contributed by atoms with Crippen LogP contribution in [0.25, 0.3) is 0 Å². The van der Waals surface area contributed by atoms with Crippen LogP contribution in [-0.2, 0) is 13.1 Å². The second-order valence-electron chi connectivity index (χ2n) is 6.82. The molecule has 5 heteroatoms. The molecule has 1 aliphatic rings. The van der Waals surface area contributed by atoms with Crippen LogP contribution >= 0.6 is 0 Å². The summed E-state index contributed by atoms with van der Waals surface area (Å²) < 4.78 is 7.30. The molecule has 1 aliphatic heterocycles. The van der Waals surface area contributed by atoms with Gasteiger partial charge in [0.1, 0.15) is 11.5 Å². The Morgan fingerprint density at radius 3 is 2.68 bits per heavy atom. The number of hydrogen-bond donors (Lipinski definition) is 0. The van der Waals surface area contributed by atoms with Crippen molar-refractivity contribution in [2.75, 3.05) is 6.54 Å². The molecule has 5 nitrogen and oxygen atoms in total. The summed E-state index contributed by atoms with van der Waals surface area (Å²) in [4.78, 5) is 2.54. The van der Waals surface area contributed by atoms with Crippen molar-refractivity contribution in [2.45, 2.75) is 45.3 Å². The Labute approximate surface area is 148 Å². The van der Waals surface area contributed by atoms with E-state index in [1.54, 1.807) is 0 Å². The van der Waals surface area contributed by atoms with Crippen molar-refractivity contribution in [3.8, 4) is 0 Å². The molecule has 2 aromatic heterocycles. The minimum absolute atomic E-state index is 0.351. The van der Waals surface area contributed by atoms with Crippen LogP contribution in [0.1, 0.15) is 47.9 Å². The second-order valence-corrected chi connectivity index (χ2v) is 6.82. The van der Waals surface area contributed by atoms with E-state index in [0.29, 0.717) is 6.04 Å². The first-order valence-electron chi connectivity index (χ1n) is 9.01. The lowest BCUT2D eigenvalue weighted by atomic mass is 9.97. The standard InChI is InChI=1S/C20H24N4O/c1-16-13-19(22-25-16)20-9-4-5-11-23(20)14-17-7-2-3-8-18(17)15-24-12-6-10-21-24/h2-3,6-8,10,12-13,20H,4-5,9,11,14-15H2,1H3/t20-/m1/s1. The van der Waals surface area contributed by atoms with Gasteiger partial charge in [0.15, 0.2) is 0 Å². The molecule has 1 saturated heterocycles. The maximum absolute atomic E-state index is 5.32. The van der Waals surface area contributed by atoms with Gasteiger partial charge < -0.3 is 4.52 Å². The summed E-state index contributed by atoms with van der Waals surface area (Å²) in [6, 6.07) is 13.1. The van der Waals surface area contributed by atoms with Crippen LogP contribution in [0.4, 0.5) is 0 Å². The Hall–Kier alpha value is -2.40. The van der Waals surface area contributed by atoms with E-state index in [-0.39, 0.29) is 0 Å². The molecule has 130 valence electrons. The van der Waals surface area contributed by atoms with E-state index < -0.39 is 0 Å². The van der Waals surface area contributed by atoms with Gasteiger partial charge in [-0.05, 0) is 43.5 Å². The molecular weight excluding hydrogens is 312 g/mol. The highest BCUT2D eigenvalue weighted by Gasteiger charge is 2.27. The number of hydrogen-bond acceptors (Lipinski definition) is 4. The quantitative estimate of drug-likeness (QED) is 0.708. The monoisotopic (exact) mass is 336 g/mol. The molecule has 0 saturated carbocycles. The summed E-state index contributed by atoms with van der Waals surface area (Å²) in [6.07, 6.45) is 7.48. The Morgan fingerprint density at radius 1 is 1.12 bits per heavy atom. The van der Waals surface area contributed by atoms with Crippen LogP contribution in [0.3, 0.4) is 0 Å². The zero-order chi connectivity index (χ0) is 17.1. The maximum atomic E-state index is 5.32. The number of benzene rings is 1. The van der Waals surface area contributed by atoms with E-state index in [4.69, 9.17) is 4.52 Å². The van der Waals surface area contributed by atoms with E-state index in [2.05, 4.69) is 45.5 Å². The fraction of sp³-hybridized carbons (Fsp3) is 0.400. The summed E-state index contributed by atoms with van der Waals surface area (Å²) in [5.41, 5.74) is 3.76. The van der Waals surface area contributed by atoms with Crippen LogP contribution in [0, 0.1) is 6.92 Å². The minimum atomic E-state index is 0.351. The number of aryl methyl sites for hydroxylation is 1. The van der Waals surface area contributed by atoms with Gasteiger partial charge in [0.05, 0.1) is 12.6 Å². The first kappa shape index (κ1) is 16.1. The topological polar surface area (TPSA) is 47.1 Å². The molecular formula is C20H24N4O. The zero-order valence-corrected chi connectivity index (χ0v) is 14.6. The molecule has 1 fully saturated rings. The van der Waals surface area contributed by atoms with Gasteiger partial charge in [0.25, 0.3) is 0 Å². The van der Waals surface area contributed by atoms with E-state index in [1.165, 1.54) is 24.0 Å². The maximum Gasteiger partial charge on any atom is 0.133 e. The normalized spacial score (nSPS) is 18.5. The van der Waals surface area contributed by atoms with Crippen LogP contribution in [0.2, 0.25) is 0 Å². The third kappa shape index (κ3) is 3.66. The third-order valence-corrected chi connectivity index (χ3v) is 4.98. The van der Waals surface area contributed by atoms with E-state index in [1.807, 2.05) is 30.1 Å². The molecule has 25 heavy (non-hydrogen) atoms. The molecule has 3 heterocycles. The van der Waals surface area contributed by atoms with E-state index in [9.17, 15) is 0 Å². The molecule has 0 amide bonds. The number of nitrogens with zero attached hydrogens (tertiary/aromatic N) is 4. The SMILES string of the molecule is Cc1cc([C@H]2CCCCN2Cc2ccccc2Cn2cccn2)no1. The van der Waals surface area contributed by atoms with Gasteiger partial charge in [0, 0.05) is 25.0 Å². The van der Waals surface area contributed by atoms with Gasteiger partial charge >= 0.3 is 0 Å². The summed E-state index contributed by atoms with van der Waals surface area (Å²) in [5, 5.41) is 8.63. The molecule has 3 aromatic rings. The molecule has 1 atom stereocenters. The Kier molecular flexibility index (Phi) is 4.65. The number of aromatic nitrogens is 3. The minimum Gasteiger partial charge on any atom is -0.361 e. The molecule has 0 unspecified atom stereocenters. The zero-order valence-electron chi connectivity index (χ0n) is 14.6. The van der Waals surface area contributed by atoms with Crippen LogP contribution in [0.15, 0.2) is 53.3 Å². The van der Waals surface area contributed by atoms with Gasteiger partial charge in [-0.2, -0.15) is 5.10 Å². The van der Waals surface area contributed by atoms with Gasteiger partial charge in [-0.3, -0.25) is 9.58 Å². The molecule has 0 aliphatic carbocycles. The molecule has 4 rings (SSSR count). The average Bonchev–Trinajstić information content (AvgIpc) is 3.29. The highest BCUT2D eigenvalue weighted by atomic mass is 16.5. The Bertz CT molecular complexity index is 809. The van der Waals surface area contributed by atoms with Crippen LogP contribution in [0.5, 0.6) is 0 Å². The van der Waals surface area contributed by atoms with Crippen LogP contribution in [-0.4, -0.2) is 26.4 Å². The molecule has 0 N–H and O–H groups in total. The fourth-order valence-electron chi connectivity index (χ4n) is 3.71. The summed E-state index contributed by atoms with van der Waals surface area (Å²) in [5.74, 6) is 0.889. The van der Waals surface area contributed by atoms with Gasteiger partial charge in [-0.15, -0.1) is 0 Å². The fourth-order valence-corrected chi connectivity index (χ4v) is 3.71.